The largest absolute Gasteiger partial charge is 0.296 e. The first kappa shape index (κ1) is 18.8. The van der Waals surface area contributed by atoms with E-state index in [9.17, 15) is 0 Å². The van der Waals surface area contributed by atoms with Crippen LogP contribution in [0.5, 0.6) is 0 Å². The molecular weight excluding hydrogens is 506 g/mol. The van der Waals surface area contributed by atoms with Gasteiger partial charge in [-0.1, -0.05) is 58.4 Å². The van der Waals surface area contributed by atoms with Crippen molar-refractivity contribution in [3.8, 4) is 11.3 Å². The molecule has 2 bridgehead atoms. The summed E-state index contributed by atoms with van der Waals surface area (Å²) in [6.07, 6.45) is 4.06. The Hall–Kier alpha value is -1.50. The zero-order valence-electron chi connectivity index (χ0n) is 16.5. The smallest absolute Gasteiger partial charge is 0.0598 e. The molecule has 2 unspecified atom stereocenters. The quantitative estimate of drug-likeness (QED) is 0.319. The number of pyridine rings is 1. The molecule has 1 heterocycles. The molecule has 1 fully saturated rings. The maximum Gasteiger partial charge on any atom is 0.0598 e. The van der Waals surface area contributed by atoms with E-state index in [1.54, 1.807) is 5.56 Å². The van der Waals surface area contributed by atoms with Crippen molar-refractivity contribution in [2.24, 2.45) is 0 Å². The molecule has 2 aliphatic rings. The summed E-state index contributed by atoms with van der Waals surface area (Å²) in [6.45, 7) is 9.07. The predicted molar refractivity (Wildman–Crippen MR) is 109 cm³/mol. The van der Waals surface area contributed by atoms with Gasteiger partial charge < -0.3 is 0 Å². The third kappa shape index (κ3) is 2.98. The average molecular weight is 533 g/mol. The zero-order valence-corrected chi connectivity index (χ0v) is 18.9. The molecule has 1 radical (unpaired) electrons. The van der Waals surface area contributed by atoms with Gasteiger partial charge in [-0.15, -0.1) is 34.4 Å². The summed E-state index contributed by atoms with van der Waals surface area (Å²) < 4.78 is 0. The number of benzene rings is 2. The average Bonchev–Trinajstić information content (AvgIpc) is 3.22. The first-order valence-corrected chi connectivity index (χ1v) is 9.89. The van der Waals surface area contributed by atoms with Crippen LogP contribution >= 0.6 is 0 Å². The number of aryl methyl sites for hydroxylation is 1. The molecule has 2 heteroatoms. The summed E-state index contributed by atoms with van der Waals surface area (Å²) in [6, 6.07) is 17.0. The second kappa shape index (κ2) is 6.54. The normalized spacial score (nSPS) is 20.6. The SMILES string of the molecule is Cc1cc(-c2ccc3c(C(C)(C)C)cccc3n2)[c-]c2c1C1CCC2C1.[Ir]. The number of aromatic nitrogens is 1. The second-order valence-corrected chi connectivity index (χ2v) is 9.22. The van der Waals surface area contributed by atoms with E-state index < -0.39 is 0 Å². The monoisotopic (exact) mass is 533 g/mol. The van der Waals surface area contributed by atoms with Gasteiger partial charge in [-0.3, -0.25) is 4.98 Å². The second-order valence-electron chi connectivity index (χ2n) is 9.22. The minimum Gasteiger partial charge on any atom is -0.296 e. The van der Waals surface area contributed by atoms with Crippen molar-refractivity contribution in [2.75, 3.05) is 0 Å². The number of hydrogen-bond donors (Lipinski definition) is 0. The molecular formula is C25H26IrN-. The molecule has 2 aliphatic carbocycles. The van der Waals surface area contributed by atoms with E-state index in [2.05, 4.69) is 70.2 Å². The van der Waals surface area contributed by atoms with Crippen LogP contribution in [0.15, 0.2) is 36.4 Å². The van der Waals surface area contributed by atoms with Crippen LogP contribution in [0.25, 0.3) is 22.2 Å². The van der Waals surface area contributed by atoms with Crippen LogP contribution < -0.4 is 0 Å². The van der Waals surface area contributed by atoms with Crippen molar-refractivity contribution in [1.82, 2.24) is 4.98 Å². The molecule has 1 saturated carbocycles. The molecule has 1 nitrogen and oxygen atoms in total. The van der Waals surface area contributed by atoms with Crippen LogP contribution in [0, 0.1) is 13.0 Å². The molecule has 0 spiro atoms. The Balaban J connectivity index is 0.00000180. The Morgan fingerprint density at radius 3 is 2.59 bits per heavy atom. The molecule has 5 rings (SSSR count). The van der Waals surface area contributed by atoms with Crippen LogP contribution in [0.1, 0.15) is 74.1 Å². The first-order valence-electron chi connectivity index (χ1n) is 9.89. The van der Waals surface area contributed by atoms with Gasteiger partial charge in [-0.25, -0.2) is 0 Å². The fourth-order valence-electron chi connectivity index (χ4n) is 5.22. The molecule has 0 N–H and O–H groups in total. The number of rotatable bonds is 1. The zero-order chi connectivity index (χ0) is 18.1. The van der Waals surface area contributed by atoms with Gasteiger partial charge in [0.2, 0.25) is 0 Å². The van der Waals surface area contributed by atoms with Crippen LogP contribution in [-0.4, -0.2) is 4.98 Å². The van der Waals surface area contributed by atoms with Crippen molar-refractivity contribution in [2.45, 2.75) is 64.2 Å². The maximum atomic E-state index is 5.02. The molecule has 2 atom stereocenters. The summed E-state index contributed by atoms with van der Waals surface area (Å²) in [4.78, 5) is 5.02. The van der Waals surface area contributed by atoms with Crippen LogP contribution in [0.4, 0.5) is 0 Å². The van der Waals surface area contributed by atoms with E-state index in [1.807, 2.05) is 0 Å². The minimum absolute atomic E-state index is 0. The molecule has 0 saturated heterocycles. The van der Waals surface area contributed by atoms with Crippen LogP contribution in [0.2, 0.25) is 0 Å². The van der Waals surface area contributed by atoms with Crippen molar-refractivity contribution < 1.29 is 20.1 Å². The molecule has 0 aliphatic heterocycles. The molecule has 1 aromatic heterocycles. The molecule has 3 aromatic rings. The minimum atomic E-state index is 0. The summed E-state index contributed by atoms with van der Waals surface area (Å²) in [7, 11) is 0. The number of hydrogen-bond acceptors (Lipinski definition) is 1. The third-order valence-corrected chi connectivity index (χ3v) is 6.41. The molecule has 27 heavy (non-hydrogen) atoms. The van der Waals surface area contributed by atoms with E-state index in [-0.39, 0.29) is 25.5 Å². The van der Waals surface area contributed by atoms with Gasteiger partial charge in [-0.2, -0.15) is 0 Å². The Labute approximate surface area is 176 Å². The van der Waals surface area contributed by atoms with E-state index in [0.29, 0.717) is 0 Å². The van der Waals surface area contributed by atoms with Crippen LogP contribution in [0.3, 0.4) is 0 Å². The van der Waals surface area contributed by atoms with Gasteiger partial charge in [0.25, 0.3) is 0 Å². The van der Waals surface area contributed by atoms with E-state index in [0.717, 1.165) is 28.6 Å². The van der Waals surface area contributed by atoms with Crippen molar-refractivity contribution >= 4 is 10.9 Å². The van der Waals surface area contributed by atoms with Gasteiger partial charge in [0.1, 0.15) is 0 Å². The number of nitrogens with zero attached hydrogens (tertiary/aromatic N) is 1. The van der Waals surface area contributed by atoms with Gasteiger partial charge in [-0.05, 0) is 47.4 Å². The Kier molecular flexibility index (Phi) is 4.56. The summed E-state index contributed by atoms with van der Waals surface area (Å²) in [5, 5.41) is 1.26. The van der Waals surface area contributed by atoms with E-state index in [1.165, 1.54) is 41.3 Å². The molecule has 0 amide bonds. The standard InChI is InChI=1S/C25H26N.Ir/c1-15-12-18(14-20-16-8-9-17(13-16)24(15)20)22-11-10-19-21(25(2,3)4)6-5-7-23(19)26-22;/h5-7,10-12,16-17H,8-9,13H2,1-4H3;/q-1;. The van der Waals surface area contributed by atoms with Crippen LogP contribution in [-0.2, 0) is 25.5 Å². The van der Waals surface area contributed by atoms with Gasteiger partial charge in [0.15, 0.2) is 0 Å². The molecule has 141 valence electrons. The topological polar surface area (TPSA) is 12.9 Å². The van der Waals surface area contributed by atoms with E-state index >= 15 is 0 Å². The Morgan fingerprint density at radius 1 is 1.04 bits per heavy atom. The predicted octanol–water partition coefficient (Wildman–Crippen LogP) is 6.67. The van der Waals surface area contributed by atoms with Gasteiger partial charge in [0.05, 0.1) is 5.52 Å². The maximum absolute atomic E-state index is 5.02. The van der Waals surface area contributed by atoms with Gasteiger partial charge >= 0.3 is 0 Å². The summed E-state index contributed by atoms with van der Waals surface area (Å²) in [5.74, 6) is 1.53. The summed E-state index contributed by atoms with van der Waals surface area (Å²) in [5.41, 5.74) is 9.31. The fourth-order valence-corrected chi connectivity index (χ4v) is 5.22. The number of fused-ring (bicyclic) bond motifs is 6. The Bertz CT molecular complexity index is 1030. The van der Waals surface area contributed by atoms with Crippen molar-refractivity contribution in [3.63, 3.8) is 0 Å². The van der Waals surface area contributed by atoms with Crippen molar-refractivity contribution in [3.05, 3.63) is 64.7 Å². The summed E-state index contributed by atoms with van der Waals surface area (Å²) >= 11 is 0. The van der Waals surface area contributed by atoms with Crippen molar-refractivity contribution in [1.29, 1.82) is 0 Å². The van der Waals surface area contributed by atoms with Gasteiger partial charge in [0, 0.05) is 25.5 Å². The Morgan fingerprint density at radius 2 is 1.81 bits per heavy atom. The fraction of sp³-hybridized carbons (Fsp3) is 0.400. The van der Waals surface area contributed by atoms with E-state index in [4.69, 9.17) is 4.98 Å². The molecule has 2 aromatic carbocycles. The first-order chi connectivity index (χ1) is 12.4. The third-order valence-electron chi connectivity index (χ3n) is 6.41.